The van der Waals surface area contributed by atoms with Gasteiger partial charge in [0.2, 0.25) is 0 Å². The molecule has 0 bridgehead atoms. The Morgan fingerprint density at radius 3 is 2.61 bits per heavy atom. The Kier molecular flexibility index (Phi) is 4.50. The fourth-order valence-corrected chi connectivity index (χ4v) is 3.06. The highest BCUT2D eigenvalue weighted by Gasteiger charge is 2.41. The lowest BCUT2D eigenvalue weighted by atomic mass is 9.94. The summed E-state index contributed by atoms with van der Waals surface area (Å²) in [5, 5.41) is 12.6. The van der Waals surface area contributed by atoms with Crippen LogP contribution in [0.25, 0.3) is 0 Å². The van der Waals surface area contributed by atoms with E-state index in [1.54, 1.807) is 0 Å². The van der Waals surface area contributed by atoms with Crippen LogP contribution in [0, 0.1) is 0 Å². The molecule has 0 radical (unpaired) electrons. The molecule has 2 heterocycles. The maximum Gasteiger partial charge on any atom is 0.415 e. The molecule has 2 rings (SSSR count). The van der Waals surface area contributed by atoms with Crippen molar-refractivity contribution in [1.82, 2.24) is 10.2 Å². The molecule has 6 heteroatoms. The summed E-state index contributed by atoms with van der Waals surface area (Å²) in [6.07, 6.45) is -1.68. The van der Waals surface area contributed by atoms with Crippen molar-refractivity contribution in [3.8, 4) is 0 Å². The van der Waals surface area contributed by atoms with Crippen molar-refractivity contribution in [2.24, 2.45) is 0 Å². The van der Waals surface area contributed by atoms with E-state index in [9.17, 15) is 18.3 Å². The van der Waals surface area contributed by atoms with Crippen LogP contribution < -0.4 is 5.32 Å². The van der Waals surface area contributed by atoms with Crippen molar-refractivity contribution >= 4 is 0 Å². The molecule has 2 saturated heterocycles. The van der Waals surface area contributed by atoms with Crippen molar-refractivity contribution in [3.05, 3.63) is 0 Å². The highest BCUT2D eigenvalue weighted by Crippen LogP contribution is 2.27. The van der Waals surface area contributed by atoms with Crippen LogP contribution in [-0.2, 0) is 0 Å². The summed E-state index contributed by atoms with van der Waals surface area (Å²) in [5.74, 6) is 0. The first kappa shape index (κ1) is 14.1. The topological polar surface area (TPSA) is 35.5 Å². The standard InChI is InChI=1S/C12H21F3N2O/c13-12(14,15)11(18)8-17-7-2-1-5-10(17)9-4-3-6-16-9/h9-11,16,18H,1-8H2. The lowest BCUT2D eigenvalue weighted by Crippen LogP contribution is -2.54. The number of rotatable bonds is 3. The summed E-state index contributed by atoms with van der Waals surface area (Å²) in [5.41, 5.74) is 0. The minimum atomic E-state index is -4.51. The number of nitrogens with zero attached hydrogens (tertiary/aromatic N) is 1. The molecule has 3 nitrogen and oxygen atoms in total. The van der Waals surface area contributed by atoms with Gasteiger partial charge in [-0.05, 0) is 38.8 Å². The van der Waals surface area contributed by atoms with E-state index in [0.717, 1.165) is 38.6 Å². The van der Waals surface area contributed by atoms with E-state index in [4.69, 9.17) is 0 Å². The van der Waals surface area contributed by atoms with Crippen LogP contribution in [0.4, 0.5) is 13.2 Å². The van der Waals surface area contributed by atoms with Gasteiger partial charge in [0.05, 0.1) is 0 Å². The van der Waals surface area contributed by atoms with Gasteiger partial charge in [-0.2, -0.15) is 13.2 Å². The lowest BCUT2D eigenvalue weighted by molar-refractivity contribution is -0.210. The maximum absolute atomic E-state index is 12.4. The molecule has 2 aliphatic rings. The first-order chi connectivity index (χ1) is 8.48. The molecule has 3 atom stereocenters. The monoisotopic (exact) mass is 266 g/mol. The number of alkyl halides is 3. The quantitative estimate of drug-likeness (QED) is 0.813. The number of likely N-dealkylation sites (tertiary alicyclic amines) is 1. The Labute approximate surface area is 105 Å². The van der Waals surface area contributed by atoms with Gasteiger partial charge in [0.1, 0.15) is 0 Å². The number of halogens is 3. The van der Waals surface area contributed by atoms with Crippen molar-refractivity contribution in [2.45, 2.75) is 56.5 Å². The highest BCUT2D eigenvalue weighted by atomic mass is 19.4. The Balaban J connectivity index is 1.95. The zero-order chi connectivity index (χ0) is 13.2. The molecule has 3 unspecified atom stereocenters. The molecule has 2 aliphatic heterocycles. The first-order valence-electron chi connectivity index (χ1n) is 6.70. The average molecular weight is 266 g/mol. The van der Waals surface area contributed by atoms with Crippen molar-refractivity contribution in [2.75, 3.05) is 19.6 Å². The largest absolute Gasteiger partial charge is 0.415 e. The van der Waals surface area contributed by atoms with Gasteiger partial charge >= 0.3 is 6.18 Å². The van der Waals surface area contributed by atoms with Crippen molar-refractivity contribution in [3.63, 3.8) is 0 Å². The lowest BCUT2D eigenvalue weighted by Gasteiger charge is -2.40. The zero-order valence-corrected chi connectivity index (χ0v) is 10.4. The second kappa shape index (κ2) is 5.75. The second-order valence-electron chi connectivity index (χ2n) is 5.32. The van der Waals surface area contributed by atoms with E-state index in [1.807, 2.05) is 4.90 Å². The molecule has 106 valence electrons. The van der Waals surface area contributed by atoms with Gasteiger partial charge in [0, 0.05) is 18.6 Å². The Bertz CT molecular complexity index is 267. The Morgan fingerprint density at radius 2 is 2.00 bits per heavy atom. The summed E-state index contributed by atoms with van der Waals surface area (Å²) in [6.45, 7) is 1.33. The minimum Gasteiger partial charge on any atom is -0.382 e. The Morgan fingerprint density at radius 1 is 1.22 bits per heavy atom. The molecule has 0 aromatic carbocycles. The van der Waals surface area contributed by atoms with E-state index in [1.165, 1.54) is 0 Å². The van der Waals surface area contributed by atoms with Gasteiger partial charge in [-0.15, -0.1) is 0 Å². The number of aliphatic hydroxyl groups is 1. The van der Waals surface area contributed by atoms with Gasteiger partial charge in [-0.3, -0.25) is 4.90 Å². The van der Waals surface area contributed by atoms with Crippen molar-refractivity contribution < 1.29 is 18.3 Å². The first-order valence-corrected chi connectivity index (χ1v) is 6.70. The van der Waals surface area contributed by atoms with Crippen LogP contribution in [0.15, 0.2) is 0 Å². The van der Waals surface area contributed by atoms with Crippen LogP contribution in [0.2, 0.25) is 0 Å². The van der Waals surface area contributed by atoms with Crippen LogP contribution in [-0.4, -0.2) is 54.0 Å². The number of hydrogen-bond donors (Lipinski definition) is 2. The third kappa shape index (κ3) is 3.36. The summed E-state index contributed by atoms with van der Waals surface area (Å²) >= 11 is 0. The predicted molar refractivity (Wildman–Crippen MR) is 62.3 cm³/mol. The van der Waals surface area contributed by atoms with Crippen LogP contribution >= 0.6 is 0 Å². The summed E-state index contributed by atoms with van der Waals surface area (Å²) < 4.78 is 37.2. The van der Waals surface area contributed by atoms with E-state index >= 15 is 0 Å². The van der Waals surface area contributed by atoms with E-state index in [-0.39, 0.29) is 12.6 Å². The normalized spacial score (nSPS) is 32.7. The summed E-state index contributed by atoms with van der Waals surface area (Å²) in [4.78, 5) is 1.82. The van der Waals surface area contributed by atoms with Crippen LogP contribution in [0.1, 0.15) is 32.1 Å². The van der Waals surface area contributed by atoms with Gasteiger partial charge in [-0.1, -0.05) is 6.42 Å². The smallest absolute Gasteiger partial charge is 0.382 e. The molecular weight excluding hydrogens is 245 g/mol. The number of hydrogen-bond acceptors (Lipinski definition) is 3. The molecule has 0 spiro atoms. The SMILES string of the molecule is OC(CN1CCCCC1C1CCCN1)C(F)(F)F. The fraction of sp³-hybridized carbons (Fsp3) is 1.00. The van der Waals surface area contributed by atoms with Crippen LogP contribution in [0.3, 0.4) is 0 Å². The zero-order valence-electron chi connectivity index (χ0n) is 10.4. The molecule has 0 saturated carbocycles. The highest BCUT2D eigenvalue weighted by molar-refractivity contribution is 4.91. The third-order valence-electron chi connectivity index (χ3n) is 4.01. The number of aliphatic hydroxyl groups excluding tert-OH is 1. The van der Waals surface area contributed by atoms with E-state index < -0.39 is 12.3 Å². The molecule has 2 fully saturated rings. The van der Waals surface area contributed by atoms with E-state index in [0.29, 0.717) is 12.6 Å². The average Bonchev–Trinajstić information content (AvgIpc) is 2.82. The molecule has 0 aromatic heterocycles. The molecule has 18 heavy (non-hydrogen) atoms. The number of nitrogens with one attached hydrogen (secondary N) is 1. The Hall–Kier alpha value is -0.330. The van der Waals surface area contributed by atoms with Gasteiger partial charge in [-0.25, -0.2) is 0 Å². The van der Waals surface area contributed by atoms with Gasteiger partial charge in [0.25, 0.3) is 0 Å². The third-order valence-corrected chi connectivity index (χ3v) is 4.01. The molecule has 0 amide bonds. The van der Waals surface area contributed by atoms with Gasteiger partial charge in [0.15, 0.2) is 6.10 Å². The molecule has 0 aliphatic carbocycles. The van der Waals surface area contributed by atoms with Crippen LogP contribution in [0.5, 0.6) is 0 Å². The predicted octanol–water partition coefficient (Wildman–Crippen LogP) is 1.52. The number of piperidine rings is 1. The second-order valence-corrected chi connectivity index (χ2v) is 5.32. The number of β-amino-alcohol motifs (C(OH)–C–C–N with tert-alkyl or cyclic N) is 1. The summed E-state index contributed by atoms with van der Waals surface area (Å²) in [6, 6.07) is 0.448. The van der Waals surface area contributed by atoms with E-state index in [2.05, 4.69) is 5.32 Å². The fourth-order valence-electron chi connectivity index (χ4n) is 3.06. The maximum atomic E-state index is 12.4. The summed E-state index contributed by atoms with van der Waals surface area (Å²) in [7, 11) is 0. The molecule has 0 aromatic rings. The molecule has 2 N–H and O–H groups in total. The molecular formula is C12H21F3N2O. The minimum absolute atomic E-state index is 0.151. The van der Waals surface area contributed by atoms with Crippen molar-refractivity contribution in [1.29, 1.82) is 0 Å². The van der Waals surface area contributed by atoms with Gasteiger partial charge < -0.3 is 10.4 Å².